The number of piperazine rings is 1. The van der Waals surface area contributed by atoms with Gasteiger partial charge in [-0.05, 0) is 37.6 Å². The third-order valence-corrected chi connectivity index (χ3v) is 6.27. The average Bonchev–Trinajstić information content (AvgIpc) is 2.72. The van der Waals surface area contributed by atoms with Crippen LogP contribution in [0.15, 0.2) is 53.4 Å². The largest absolute Gasteiger partial charge is 0.367 e. The summed E-state index contributed by atoms with van der Waals surface area (Å²) in [7, 11) is -3.87. The van der Waals surface area contributed by atoms with E-state index in [9.17, 15) is 18.5 Å². The average molecular weight is 413 g/mol. The van der Waals surface area contributed by atoms with Crippen molar-refractivity contribution < 1.29 is 13.2 Å². The highest BCUT2D eigenvalue weighted by atomic mass is 32.2. The molecule has 1 aliphatic rings. The molecule has 29 heavy (non-hydrogen) atoms. The van der Waals surface area contributed by atoms with E-state index < -0.39 is 15.4 Å². The number of hydrogen-bond acceptors (Lipinski definition) is 5. The highest BCUT2D eigenvalue weighted by Crippen LogP contribution is 2.28. The fourth-order valence-electron chi connectivity index (χ4n) is 3.58. The molecule has 1 aliphatic heterocycles. The van der Waals surface area contributed by atoms with Crippen LogP contribution in [-0.2, 0) is 20.2 Å². The third-order valence-electron chi connectivity index (χ3n) is 5.35. The van der Waals surface area contributed by atoms with Gasteiger partial charge in [0.05, 0.1) is 21.6 Å². The van der Waals surface area contributed by atoms with E-state index in [0.29, 0.717) is 31.9 Å². The molecule has 0 bridgehead atoms. The van der Waals surface area contributed by atoms with Crippen molar-refractivity contribution in [2.75, 3.05) is 31.1 Å². The van der Waals surface area contributed by atoms with E-state index in [-0.39, 0.29) is 16.4 Å². The Morgan fingerprint density at radius 3 is 2.24 bits per heavy atom. The maximum Gasteiger partial charge on any atom is 0.238 e. The zero-order valence-electron chi connectivity index (χ0n) is 16.5. The SMILES string of the molecule is CC(C)(C(=O)N1CCN(c2ccc(S(N)(=O)=O)cc2C#N)CC1)c1ccccc1. The van der Waals surface area contributed by atoms with Gasteiger partial charge in [-0.1, -0.05) is 30.3 Å². The normalized spacial score (nSPS) is 15.1. The Bertz CT molecular complexity index is 1050. The first-order valence-corrected chi connectivity index (χ1v) is 10.9. The lowest BCUT2D eigenvalue weighted by Gasteiger charge is -2.40. The summed E-state index contributed by atoms with van der Waals surface area (Å²) in [5, 5.41) is 14.6. The van der Waals surface area contributed by atoms with Crippen molar-refractivity contribution in [2.24, 2.45) is 5.14 Å². The molecule has 0 atom stereocenters. The molecule has 1 amide bonds. The van der Waals surface area contributed by atoms with Crippen LogP contribution in [0.3, 0.4) is 0 Å². The van der Waals surface area contributed by atoms with Gasteiger partial charge in [-0.15, -0.1) is 0 Å². The number of primary sulfonamides is 1. The predicted molar refractivity (Wildman–Crippen MR) is 111 cm³/mol. The van der Waals surface area contributed by atoms with E-state index in [4.69, 9.17) is 5.14 Å². The van der Waals surface area contributed by atoms with Gasteiger partial charge in [0.15, 0.2) is 0 Å². The molecule has 7 nitrogen and oxygen atoms in total. The first-order chi connectivity index (χ1) is 13.6. The number of nitrogens with zero attached hydrogens (tertiary/aromatic N) is 3. The van der Waals surface area contributed by atoms with Crippen LogP contribution in [0.1, 0.15) is 25.0 Å². The van der Waals surface area contributed by atoms with Crippen molar-refractivity contribution in [1.29, 1.82) is 5.26 Å². The Balaban J connectivity index is 1.74. The molecule has 1 saturated heterocycles. The number of nitriles is 1. The van der Waals surface area contributed by atoms with Gasteiger partial charge in [-0.25, -0.2) is 13.6 Å². The first-order valence-electron chi connectivity index (χ1n) is 9.31. The Hall–Kier alpha value is -2.89. The third kappa shape index (κ3) is 4.26. The molecule has 0 aliphatic carbocycles. The molecule has 2 aromatic rings. The number of carbonyl (C=O) groups is 1. The quantitative estimate of drug-likeness (QED) is 0.824. The summed E-state index contributed by atoms with van der Waals surface area (Å²) >= 11 is 0. The minimum absolute atomic E-state index is 0.0634. The van der Waals surface area contributed by atoms with Crippen molar-refractivity contribution in [3.63, 3.8) is 0 Å². The number of amides is 1. The van der Waals surface area contributed by atoms with Crippen LogP contribution in [0.2, 0.25) is 0 Å². The van der Waals surface area contributed by atoms with Crippen molar-refractivity contribution in [3.05, 3.63) is 59.7 Å². The second-order valence-corrected chi connectivity index (χ2v) is 9.17. The van der Waals surface area contributed by atoms with Gasteiger partial charge >= 0.3 is 0 Å². The molecule has 3 rings (SSSR count). The summed E-state index contributed by atoms with van der Waals surface area (Å²) in [6.45, 7) is 6.02. The van der Waals surface area contributed by atoms with Crippen molar-refractivity contribution in [2.45, 2.75) is 24.2 Å². The molecule has 0 saturated carbocycles. The molecular weight excluding hydrogens is 388 g/mol. The van der Waals surface area contributed by atoms with Crippen molar-refractivity contribution >= 4 is 21.6 Å². The van der Waals surface area contributed by atoms with E-state index >= 15 is 0 Å². The summed E-state index contributed by atoms with van der Waals surface area (Å²) in [4.78, 5) is 16.9. The fraction of sp³-hybridized carbons (Fsp3) is 0.333. The molecule has 2 aromatic carbocycles. The van der Waals surface area contributed by atoms with E-state index in [2.05, 4.69) is 0 Å². The van der Waals surface area contributed by atoms with Crippen LogP contribution in [-0.4, -0.2) is 45.4 Å². The molecule has 2 N–H and O–H groups in total. The number of benzene rings is 2. The number of nitrogens with two attached hydrogens (primary N) is 1. The van der Waals surface area contributed by atoms with Gasteiger partial charge in [0.1, 0.15) is 6.07 Å². The standard InChI is InChI=1S/C21H24N4O3S/c1-21(2,17-6-4-3-5-7-17)20(26)25-12-10-24(11-13-25)19-9-8-18(29(23,27)28)14-16(19)15-22/h3-9,14H,10-13H2,1-2H3,(H2,23,27,28). The molecule has 0 aromatic heterocycles. The Labute approximate surface area is 171 Å². The molecule has 0 unspecified atom stereocenters. The lowest BCUT2D eigenvalue weighted by Crippen LogP contribution is -2.53. The summed E-state index contributed by atoms with van der Waals surface area (Å²) < 4.78 is 23.1. The van der Waals surface area contributed by atoms with Gasteiger partial charge in [-0.2, -0.15) is 5.26 Å². The van der Waals surface area contributed by atoms with Gasteiger partial charge in [0, 0.05) is 26.2 Å². The van der Waals surface area contributed by atoms with E-state index in [1.165, 1.54) is 12.1 Å². The van der Waals surface area contributed by atoms with Crippen LogP contribution >= 0.6 is 0 Å². The number of rotatable bonds is 4. The van der Waals surface area contributed by atoms with Crippen LogP contribution < -0.4 is 10.0 Å². The lowest BCUT2D eigenvalue weighted by atomic mass is 9.83. The molecule has 1 heterocycles. The number of carbonyl (C=O) groups excluding carboxylic acids is 1. The van der Waals surface area contributed by atoms with Gasteiger partial charge in [0.25, 0.3) is 0 Å². The molecule has 0 spiro atoms. The first kappa shape index (κ1) is 20.8. The molecule has 152 valence electrons. The van der Waals surface area contributed by atoms with Crippen LogP contribution in [0.5, 0.6) is 0 Å². The predicted octanol–water partition coefficient (Wildman–Crippen LogP) is 1.83. The van der Waals surface area contributed by atoms with Crippen LogP contribution in [0.4, 0.5) is 5.69 Å². The number of sulfonamides is 1. The van der Waals surface area contributed by atoms with E-state index in [0.717, 1.165) is 5.56 Å². The minimum Gasteiger partial charge on any atom is -0.367 e. The maximum atomic E-state index is 13.1. The Kier molecular flexibility index (Phi) is 5.64. The van der Waals surface area contributed by atoms with Crippen molar-refractivity contribution in [3.8, 4) is 6.07 Å². The fourth-order valence-corrected chi connectivity index (χ4v) is 4.12. The number of anilines is 1. The van der Waals surface area contributed by atoms with Crippen LogP contribution in [0.25, 0.3) is 0 Å². The van der Waals surface area contributed by atoms with E-state index in [1.54, 1.807) is 6.07 Å². The monoisotopic (exact) mass is 412 g/mol. The van der Waals surface area contributed by atoms with Gasteiger partial charge in [0.2, 0.25) is 15.9 Å². The van der Waals surface area contributed by atoms with Crippen LogP contribution in [0, 0.1) is 11.3 Å². The maximum absolute atomic E-state index is 13.1. The molecule has 0 radical (unpaired) electrons. The summed E-state index contributed by atoms with van der Waals surface area (Å²) in [5.41, 5.74) is 1.24. The topological polar surface area (TPSA) is 108 Å². The zero-order valence-corrected chi connectivity index (χ0v) is 17.3. The van der Waals surface area contributed by atoms with Crippen molar-refractivity contribution in [1.82, 2.24) is 4.90 Å². The summed E-state index contributed by atoms with van der Waals surface area (Å²) in [6, 6.07) is 16.0. The smallest absolute Gasteiger partial charge is 0.238 e. The second kappa shape index (κ2) is 7.85. The molecule has 1 fully saturated rings. The van der Waals surface area contributed by atoms with Gasteiger partial charge < -0.3 is 9.80 Å². The summed E-state index contributed by atoms with van der Waals surface area (Å²) in [5.74, 6) is 0.0634. The highest BCUT2D eigenvalue weighted by molar-refractivity contribution is 7.89. The lowest BCUT2D eigenvalue weighted by molar-refractivity contribution is -0.136. The Morgan fingerprint density at radius 1 is 1.07 bits per heavy atom. The second-order valence-electron chi connectivity index (χ2n) is 7.61. The molecular formula is C21H24N4O3S. The molecule has 8 heteroatoms. The van der Waals surface area contributed by atoms with E-state index in [1.807, 2.05) is 60.0 Å². The van der Waals surface area contributed by atoms with Gasteiger partial charge in [-0.3, -0.25) is 4.79 Å². The summed E-state index contributed by atoms with van der Waals surface area (Å²) in [6.07, 6.45) is 0. The highest BCUT2D eigenvalue weighted by Gasteiger charge is 2.35. The minimum atomic E-state index is -3.87. The number of hydrogen-bond donors (Lipinski definition) is 1. The zero-order chi connectivity index (χ0) is 21.2. The Morgan fingerprint density at radius 2 is 1.69 bits per heavy atom.